The lowest BCUT2D eigenvalue weighted by atomic mass is 10.2. The molecule has 0 aliphatic heterocycles. The highest BCUT2D eigenvalue weighted by atomic mass is 32.1. The highest BCUT2D eigenvalue weighted by molar-refractivity contribution is 7.07. The molecule has 0 unspecified atom stereocenters. The predicted molar refractivity (Wildman–Crippen MR) is 66.5 cm³/mol. The Balaban J connectivity index is 2.12. The number of benzene rings is 1. The van der Waals surface area contributed by atoms with E-state index in [2.05, 4.69) is 0 Å². The molecule has 2 rings (SSSR count). The standard InChI is InChI=1S/C13H11F2NOS/c1-16(7-9-4-5-18-8-9)13(17)10-2-3-11(14)12(15)6-10/h2-6,8H,7H2,1H3. The summed E-state index contributed by atoms with van der Waals surface area (Å²) in [5, 5.41) is 3.86. The lowest BCUT2D eigenvalue weighted by Gasteiger charge is -2.16. The third-order valence-electron chi connectivity index (χ3n) is 2.51. The van der Waals surface area contributed by atoms with Crippen molar-refractivity contribution in [2.75, 3.05) is 7.05 Å². The minimum Gasteiger partial charge on any atom is -0.337 e. The number of carbonyl (C=O) groups is 1. The maximum Gasteiger partial charge on any atom is 0.254 e. The van der Waals surface area contributed by atoms with Gasteiger partial charge in [0.2, 0.25) is 0 Å². The van der Waals surface area contributed by atoms with Gasteiger partial charge in [-0.3, -0.25) is 4.79 Å². The first kappa shape index (κ1) is 12.7. The van der Waals surface area contributed by atoms with Crippen LogP contribution in [0.3, 0.4) is 0 Å². The highest BCUT2D eigenvalue weighted by Gasteiger charge is 2.14. The Kier molecular flexibility index (Phi) is 3.72. The monoisotopic (exact) mass is 267 g/mol. The zero-order chi connectivity index (χ0) is 13.1. The Morgan fingerprint density at radius 1 is 1.28 bits per heavy atom. The van der Waals surface area contributed by atoms with E-state index < -0.39 is 11.6 Å². The lowest BCUT2D eigenvalue weighted by molar-refractivity contribution is 0.0784. The van der Waals surface area contributed by atoms with Crippen molar-refractivity contribution in [2.45, 2.75) is 6.54 Å². The SMILES string of the molecule is CN(Cc1ccsc1)C(=O)c1ccc(F)c(F)c1. The fraction of sp³-hybridized carbons (Fsp3) is 0.154. The van der Waals surface area contributed by atoms with Gasteiger partial charge >= 0.3 is 0 Å². The van der Waals surface area contributed by atoms with Gasteiger partial charge in [0.1, 0.15) is 0 Å². The third-order valence-corrected chi connectivity index (χ3v) is 3.25. The molecular weight excluding hydrogens is 256 g/mol. The minimum absolute atomic E-state index is 0.145. The van der Waals surface area contributed by atoms with E-state index in [0.717, 1.165) is 17.7 Å². The van der Waals surface area contributed by atoms with Gasteiger partial charge in [-0.05, 0) is 40.6 Å². The molecule has 0 aliphatic carbocycles. The van der Waals surface area contributed by atoms with Gasteiger partial charge < -0.3 is 4.90 Å². The summed E-state index contributed by atoms with van der Waals surface area (Å²) in [6.45, 7) is 0.446. The molecule has 0 aliphatic rings. The normalized spacial score (nSPS) is 10.4. The van der Waals surface area contributed by atoms with E-state index in [1.165, 1.54) is 11.0 Å². The van der Waals surface area contributed by atoms with Gasteiger partial charge in [0, 0.05) is 19.2 Å². The van der Waals surface area contributed by atoms with E-state index in [-0.39, 0.29) is 11.5 Å². The molecule has 0 saturated heterocycles. The molecule has 2 nitrogen and oxygen atoms in total. The van der Waals surface area contributed by atoms with Gasteiger partial charge in [-0.2, -0.15) is 11.3 Å². The van der Waals surface area contributed by atoms with E-state index in [4.69, 9.17) is 0 Å². The summed E-state index contributed by atoms with van der Waals surface area (Å²) in [6.07, 6.45) is 0. The van der Waals surface area contributed by atoms with Crippen LogP contribution >= 0.6 is 11.3 Å². The molecule has 0 atom stereocenters. The van der Waals surface area contributed by atoms with Crippen molar-refractivity contribution >= 4 is 17.2 Å². The Morgan fingerprint density at radius 2 is 2.06 bits per heavy atom. The first-order valence-electron chi connectivity index (χ1n) is 5.29. The van der Waals surface area contributed by atoms with Gasteiger partial charge in [-0.15, -0.1) is 0 Å². The van der Waals surface area contributed by atoms with E-state index in [1.807, 2.05) is 16.8 Å². The van der Waals surface area contributed by atoms with Crippen molar-refractivity contribution in [1.82, 2.24) is 4.90 Å². The van der Waals surface area contributed by atoms with Crippen LogP contribution in [0.15, 0.2) is 35.0 Å². The molecule has 0 bridgehead atoms. The number of nitrogens with zero attached hydrogens (tertiary/aromatic N) is 1. The van der Waals surface area contributed by atoms with Gasteiger partial charge in [0.05, 0.1) is 0 Å². The Bertz CT molecular complexity index is 554. The lowest BCUT2D eigenvalue weighted by Crippen LogP contribution is -2.26. The summed E-state index contributed by atoms with van der Waals surface area (Å²) in [5.41, 5.74) is 1.16. The van der Waals surface area contributed by atoms with Crippen LogP contribution in [0.1, 0.15) is 15.9 Å². The van der Waals surface area contributed by atoms with Crippen molar-refractivity contribution in [1.29, 1.82) is 0 Å². The van der Waals surface area contributed by atoms with Crippen LogP contribution in [0.4, 0.5) is 8.78 Å². The van der Waals surface area contributed by atoms with Crippen LogP contribution in [0, 0.1) is 11.6 Å². The number of rotatable bonds is 3. The molecule has 0 saturated carbocycles. The summed E-state index contributed by atoms with van der Waals surface area (Å²) in [6, 6.07) is 5.08. The van der Waals surface area contributed by atoms with Crippen molar-refractivity contribution in [3.63, 3.8) is 0 Å². The average molecular weight is 267 g/mol. The first-order chi connectivity index (χ1) is 8.58. The average Bonchev–Trinajstić information content (AvgIpc) is 2.84. The van der Waals surface area contributed by atoms with E-state index in [1.54, 1.807) is 18.4 Å². The number of amides is 1. The van der Waals surface area contributed by atoms with Gasteiger partial charge in [0.25, 0.3) is 5.91 Å². The molecule has 0 fully saturated rings. The molecule has 2 aromatic rings. The van der Waals surface area contributed by atoms with E-state index in [9.17, 15) is 13.6 Å². The zero-order valence-corrected chi connectivity index (χ0v) is 10.5. The largest absolute Gasteiger partial charge is 0.337 e. The first-order valence-corrected chi connectivity index (χ1v) is 6.24. The van der Waals surface area contributed by atoms with Gasteiger partial charge in [-0.25, -0.2) is 8.78 Å². The van der Waals surface area contributed by atoms with Crippen molar-refractivity contribution in [2.24, 2.45) is 0 Å². The van der Waals surface area contributed by atoms with E-state index in [0.29, 0.717) is 6.54 Å². The fourth-order valence-electron chi connectivity index (χ4n) is 1.58. The quantitative estimate of drug-likeness (QED) is 0.835. The van der Waals surface area contributed by atoms with Crippen LogP contribution in [0.2, 0.25) is 0 Å². The van der Waals surface area contributed by atoms with Crippen LogP contribution in [-0.2, 0) is 6.54 Å². The van der Waals surface area contributed by atoms with Crippen LogP contribution in [0.25, 0.3) is 0 Å². The fourth-order valence-corrected chi connectivity index (χ4v) is 2.24. The van der Waals surface area contributed by atoms with Crippen LogP contribution in [0.5, 0.6) is 0 Å². The summed E-state index contributed by atoms with van der Waals surface area (Å²) >= 11 is 1.55. The van der Waals surface area contributed by atoms with Crippen LogP contribution < -0.4 is 0 Å². The van der Waals surface area contributed by atoms with Crippen molar-refractivity contribution < 1.29 is 13.6 Å². The number of carbonyl (C=O) groups excluding carboxylic acids is 1. The molecule has 5 heteroatoms. The van der Waals surface area contributed by atoms with Gasteiger partial charge in [-0.1, -0.05) is 0 Å². The Hall–Kier alpha value is -1.75. The molecule has 0 N–H and O–H groups in total. The number of hydrogen-bond acceptors (Lipinski definition) is 2. The number of thiophene rings is 1. The minimum atomic E-state index is -1.01. The molecule has 1 aromatic carbocycles. The predicted octanol–water partition coefficient (Wildman–Crippen LogP) is 3.30. The second-order valence-corrected chi connectivity index (χ2v) is 4.70. The molecule has 0 spiro atoms. The van der Waals surface area contributed by atoms with Crippen molar-refractivity contribution in [3.05, 3.63) is 57.8 Å². The van der Waals surface area contributed by atoms with Crippen LogP contribution in [-0.4, -0.2) is 17.9 Å². The molecule has 94 valence electrons. The van der Waals surface area contributed by atoms with Gasteiger partial charge in [0.15, 0.2) is 11.6 Å². The summed E-state index contributed by atoms with van der Waals surface area (Å²) in [5.74, 6) is -2.29. The Labute approximate surface area is 107 Å². The summed E-state index contributed by atoms with van der Waals surface area (Å²) < 4.78 is 25.8. The number of halogens is 2. The maximum absolute atomic E-state index is 13.0. The topological polar surface area (TPSA) is 20.3 Å². The Morgan fingerprint density at radius 3 is 2.67 bits per heavy atom. The third kappa shape index (κ3) is 2.73. The van der Waals surface area contributed by atoms with Crippen molar-refractivity contribution in [3.8, 4) is 0 Å². The second kappa shape index (κ2) is 5.27. The maximum atomic E-state index is 13.0. The molecule has 0 radical (unpaired) electrons. The molecule has 1 aromatic heterocycles. The smallest absolute Gasteiger partial charge is 0.254 e. The summed E-state index contributed by atoms with van der Waals surface area (Å²) in [7, 11) is 1.63. The second-order valence-electron chi connectivity index (χ2n) is 3.92. The summed E-state index contributed by atoms with van der Waals surface area (Å²) in [4.78, 5) is 13.4. The number of hydrogen-bond donors (Lipinski definition) is 0. The molecule has 1 heterocycles. The zero-order valence-electron chi connectivity index (χ0n) is 9.69. The molecule has 1 amide bonds. The molecular formula is C13H11F2NOS. The van der Waals surface area contributed by atoms with E-state index >= 15 is 0 Å². The molecule has 18 heavy (non-hydrogen) atoms. The highest BCUT2D eigenvalue weighted by Crippen LogP contribution is 2.13.